The van der Waals surface area contributed by atoms with Gasteiger partial charge >= 0.3 is 0 Å². The molecule has 17 heavy (non-hydrogen) atoms. The number of nitrogen functional groups attached to an aromatic ring is 1. The van der Waals surface area contributed by atoms with E-state index in [1.807, 2.05) is 37.3 Å². The van der Waals surface area contributed by atoms with Crippen molar-refractivity contribution in [2.45, 2.75) is 13.3 Å². The number of nitrogens with zero attached hydrogens (tertiary/aromatic N) is 2. The van der Waals surface area contributed by atoms with Gasteiger partial charge in [0.25, 0.3) is 0 Å². The Morgan fingerprint density at radius 3 is 2.59 bits per heavy atom. The molecule has 4 nitrogen and oxygen atoms in total. The number of aromatic nitrogens is 2. The van der Waals surface area contributed by atoms with Gasteiger partial charge in [0, 0.05) is 17.0 Å². The molecule has 0 aliphatic carbocycles. The fourth-order valence-corrected chi connectivity index (χ4v) is 1.75. The van der Waals surface area contributed by atoms with E-state index < -0.39 is 0 Å². The molecule has 0 atom stereocenters. The Morgan fingerprint density at radius 1 is 1.24 bits per heavy atom. The normalized spacial score (nSPS) is 10.3. The van der Waals surface area contributed by atoms with Gasteiger partial charge in [0.15, 0.2) is 5.82 Å². The highest BCUT2D eigenvalue weighted by Gasteiger charge is 2.05. The predicted octanol–water partition coefficient (Wildman–Crippen LogP) is 2.31. The summed E-state index contributed by atoms with van der Waals surface area (Å²) in [6.07, 6.45) is 0.743. The first-order valence-corrected chi connectivity index (χ1v) is 5.61. The van der Waals surface area contributed by atoms with Crippen LogP contribution in [0.1, 0.15) is 16.8 Å². The lowest BCUT2D eigenvalue weighted by Crippen LogP contribution is -2.12. The van der Waals surface area contributed by atoms with E-state index in [4.69, 9.17) is 17.4 Å². The first-order valence-electron chi connectivity index (χ1n) is 5.23. The fraction of sp³-hybridized carbons (Fsp3) is 0.167. The monoisotopic (exact) mass is 248 g/mol. The van der Waals surface area contributed by atoms with Gasteiger partial charge in [-0.05, 0) is 30.7 Å². The standard InChI is InChI=1S/C12H13ClN4/c1-8-6-10(12(15-14)17-16-8)7-9-2-4-11(13)5-3-9/h2-6H,7,14H2,1H3,(H,15,17). The number of nitrogens with two attached hydrogens (primary N) is 1. The Morgan fingerprint density at radius 2 is 1.94 bits per heavy atom. The zero-order valence-electron chi connectivity index (χ0n) is 9.44. The third-order valence-electron chi connectivity index (χ3n) is 2.44. The van der Waals surface area contributed by atoms with Crippen molar-refractivity contribution in [3.05, 3.63) is 52.2 Å². The van der Waals surface area contributed by atoms with Crippen molar-refractivity contribution in [3.63, 3.8) is 0 Å². The molecule has 2 aromatic rings. The molecule has 0 spiro atoms. The first kappa shape index (κ1) is 11.8. The summed E-state index contributed by atoms with van der Waals surface area (Å²) < 4.78 is 0. The minimum Gasteiger partial charge on any atom is -0.307 e. The van der Waals surface area contributed by atoms with Gasteiger partial charge in [0.1, 0.15) is 0 Å². The maximum absolute atomic E-state index is 5.84. The van der Waals surface area contributed by atoms with Crippen LogP contribution in [0.4, 0.5) is 5.82 Å². The van der Waals surface area contributed by atoms with Gasteiger partial charge in [-0.3, -0.25) is 0 Å². The van der Waals surface area contributed by atoms with Crippen molar-refractivity contribution in [2.75, 3.05) is 5.43 Å². The number of halogens is 1. The maximum atomic E-state index is 5.84. The van der Waals surface area contributed by atoms with Crippen molar-refractivity contribution in [2.24, 2.45) is 5.84 Å². The Kier molecular flexibility index (Phi) is 3.56. The molecule has 2 rings (SSSR count). The Bertz CT molecular complexity index is 510. The zero-order chi connectivity index (χ0) is 12.3. The zero-order valence-corrected chi connectivity index (χ0v) is 10.2. The molecule has 88 valence electrons. The summed E-state index contributed by atoms with van der Waals surface area (Å²) in [5, 5.41) is 8.68. The largest absolute Gasteiger partial charge is 0.307 e. The highest BCUT2D eigenvalue weighted by atomic mass is 35.5. The van der Waals surface area contributed by atoms with Gasteiger partial charge < -0.3 is 5.43 Å². The Labute approximate surface area is 105 Å². The molecule has 0 unspecified atom stereocenters. The third kappa shape index (κ3) is 2.93. The molecule has 0 aliphatic rings. The summed E-state index contributed by atoms with van der Waals surface area (Å²) in [4.78, 5) is 0. The smallest absolute Gasteiger partial charge is 0.166 e. The number of hydrogen-bond donors (Lipinski definition) is 2. The van der Waals surface area contributed by atoms with E-state index in [0.717, 1.165) is 28.3 Å². The van der Waals surface area contributed by atoms with Crippen LogP contribution in [0.3, 0.4) is 0 Å². The second-order valence-corrected chi connectivity index (χ2v) is 4.24. The second kappa shape index (κ2) is 5.12. The van der Waals surface area contributed by atoms with E-state index in [9.17, 15) is 0 Å². The van der Waals surface area contributed by atoms with E-state index in [2.05, 4.69) is 15.6 Å². The van der Waals surface area contributed by atoms with E-state index in [-0.39, 0.29) is 0 Å². The van der Waals surface area contributed by atoms with Crippen LogP contribution in [-0.4, -0.2) is 10.2 Å². The highest BCUT2D eigenvalue weighted by molar-refractivity contribution is 6.30. The second-order valence-electron chi connectivity index (χ2n) is 3.81. The summed E-state index contributed by atoms with van der Waals surface area (Å²) in [5.74, 6) is 6.01. The SMILES string of the molecule is Cc1cc(Cc2ccc(Cl)cc2)c(NN)nn1. The van der Waals surface area contributed by atoms with E-state index >= 15 is 0 Å². The highest BCUT2D eigenvalue weighted by Crippen LogP contribution is 2.18. The molecule has 0 fully saturated rings. The van der Waals surface area contributed by atoms with Crippen LogP contribution >= 0.6 is 11.6 Å². The molecule has 0 amide bonds. The van der Waals surface area contributed by atoms with E-state index in [1.165, 1.54) is 0 Å². The van der Waals surface area contributed by atoms with Gasteiger partial charge in [-0.15, -0.1) is 5.10 Å². The number of hydrazine groups is 1. The Hall–Kier alpha value is -1.65. The number of aryl methyl sites for hydroxylation is 1. The molecule has 0 saturated carbocycles. The van der Waals surface area contributed by atoms with Crippen LogP contribution in [0.2, 0.25) is 5.02 Å². The van der Waals surface area contributed by atoms with Crippen LogP contribution in [0.5, 0.6) is 0 Å². The molecule has 0 saturated heterocycles. The van der Waals surface area contributed by atoms with Crippen LogP contribution in [0, 0.1) is 6.92 Å². The van der Waals surface area contributed by atoms with Crippen molar-refractivity contribution in [1.82, 2.24) is 10.2 Å². The molecule has 0 radical (unpaired) electrons. The molecule has 1 aromatic heterocycles. The quantitative estimate of drug-likeness (QED) is 0.646. The van der Waals surface area contributed by atoms with Gasteiger partial charge in [-0.1, -0.05) is 23.7 Å². The third-order valence-corrected chi connectivity index (χ3v) is 2.69. The van der Waals surface area contributed by atoms with Crippen molar-refractivity contribution >= 4 is 17.4 Å². The lowest BCUT2D eigenvalue weighted by Gasteiger charge is -2.08. The number of anilines is 1. The molecule has 1 heterocycles. The van der Waals surface area contributed by atoms with Crippen LogP contribution in [0.25, 0.3) is 0 Å². The molecule has 1 aromatic carbocycles. The minimum absolute atomic E-state index is 0.602. The minimum atomic E-state index is 0.602. The van der Waals surface area contributed by atoms with Gasteiger partial charge in [-0.25, -0.2) is 5.84 Å². The number of hydrogen-bond acceptors (Lipinski definition) is 4. The van der Waals surface area contributed by atoms with Gasteiger partial charge in [-0.2, -0.15) is 5.10 Å². The van der Waals surface area contributed by atoms with Gasteiger partial charge in [0.05, 0.1) is 5.69 Å². The van der Waals surface area contributed by atoms with E-state index in [1.54, 1.807) is 0 Å². The molecule has 3 N–H and O–H groups in total. The average molecular weight is 249 g/mol. The van der Waals surface area contributed by atoms with E-state index in [0.29, 0.717) is 5.82 Å². The van der Waals surface area contributed by atoms with Crippen LogP contribution in [-0.2, 0) is 6.42 Å². The topological polar surface area (TPSA) is 63.8 Å². The molecular formula is C12H13ClN4. The fourth-order valence-electron chi connectivity index (χ4n) is 1.62. The number of nitrogens with one attached hydrogen (secondary N) is 1. The molecule has 5 heteroatoms. The van der Waals surface area contributed by atoms with Gasteiger partial charge in [0.2, 0.25) is 0 Å². The van der Waals surface area contributed by atoms with Crippen molar-refractivity contribution in [3.8, 4) is 0 Å². The summed E-state index contributed by atoms with van der Waals surface area (Å²) in [7, 11) is 0. The van der Waals surface area contributed by atoms with Crippen molar-refractivity contribution < 1.29 is 0 Å². The Balaban J connectivity index is 2.28. The first-order chi connectivity index (χ1) is 8.19. The lowest BCUT2D eigenvalue weighted by atomic mass is 10.1. The lowest BCUT2D eigenvalue weighted by molar-refractivity contribution is 0.947. The average Bonchev–Trinajstić information content (AvgIpc) is 2.32. The maximum Gasteiger partial charge on any atom is 0.166 e. The number of benzene rings is 1. The summed E-state index contributed by atoms with van der Waals surface area (Å²) in [6.45, 7) is 1.90. The summed E-state index contributed by atoms with van der Waals surface area (Å²) in [6, 6.07) is 9.68. The van der Waals surface area contributed by atoms with Crippen molar-refractivity contribution in [1.29, 1.82) is 0 Å². The molecule has 0 bridgehead atoms. The predicted molar refractivity (Wildman–Crippen MR) is 68.8 cm³/mol. The number of rotatable bonds is 3. The van der Waals surface area contributed by atoms with Crippen LogP contribution in [0.15, 0.2) is 30.3 Å². The molecular weight excluding hydrogens is 236 g/mol. The summed E-state index contributed by atoms with van der Waals surface area (Å²) >= 11 is 5.84. The molecule has 0 aliphatic heterocycles. The van der Waals surface area contributed by atoms with Crippen LogP contribution < -0.4 is 11.3 Å². The summed E-state index contributed by atoms with van der Waals surface area (Å²) in [5.41, 5.74) is 5.59.